The number of oxime groups is 1. The summed E-state index contributed by atoms with van der Waals surface area (Å²) < 4.78 is 10.8. The third-order valence-corrected chi connectivity index (χ3v) is 3.85. The number of amidine groups is 1. The molecule has 21 heavy (non-hydrogen) atoms. The van der Waals surface area contributed by atoms with Crippen molar-refractivity contribution in [1.29, 1.82) is 0 Å². The summed E-state index contributed by atoms with van der Waals surface area (Å²) >= 11 is 0. The molecule has 1 aliphatic rings. The summed E-state index contributed by atoms with van der Waals surface area (Å²) in [5.41, 5.74) is 7.37. The number of nitrogens with two attached hydrogens (primary N) is 1. The van der Waals surface area contributed by atoms with Gasteiger partial charge in [-0.3, -0.25) is 4.90 Å². The fourth-order valence-corrected chi connectivity index (χ4v) is 2.71. The van der Waals surface area contributed by atoms with Crippen molar-refractivity contribution in [3.05, 3.63) is 29.3 Å². The lowest BCUT2D eigenvalue weighted by Gasteiger charge is -2.31. The second-order valence-electron chi connectivity index (χ2n) is 5.25. The van der Waals surface area contributed by atoms with E-state index in [-0.39, 0.29) is 5.84 Å². The molecule has 3 N–H and O–H groups in total. The summed E-state index contributed by atoms with van der Waals surface area (Å²) in [4.78, 5) is 2.37. The Morgan fingerprint density at radius 3 is 2.95 bits per heavy atom. The third-order valence-electron chi connectivity index (χ3n) is 3.85. The fraction of sp³-hybridized carbons (Fsp3) is 0.533. The Kier molecular flexibility index (Phi) is 5.41. The molecular formula is C15H23N3O3. The summed E-state index contributed by atoms with van der Waals surface area (Å²) in [7, 11) is 3.35. The van der Waals surface area contributed by atoms with Gasteiger partial charge < -0.3 is 20.4 Å². The molecule has 1 atom stereocenters. The van der Waals surface area contributed by atoms with Crippen LogP contribution >= 0.6 is 0 Å². The number of rotatable bonds is 5. The van der Waals surface area contributed by atoms with Gasteiger partial charge in [0.05, 0.1) is 18.8 Å². The van der Waals surface area contributed by atoms with Gasteiger partial charge >= 0.3 is 0 Å². The molecule has 6 heteroatoms. The number of benzene rings is 1. The molecule has 0 aromatic heterocycles. The van der Waals surface area contributed by atoms with Gasteiger partial charge in [-0.1, -0.05) is 11.2 Å². The van der Waals surface area contributed by atoms with Crippen molar-refractivity contribution < 1.29 is 14.7 Å². The van der Waals surface area contributed by atoms with Gasteiger partial charge in [-0.15, -0.1) is 0 Å². The van der Waals surface area contributed by atoms with E-state index in [1.165, 1.54) is 0 Å². The molecule has 0 amide bonds. The number of piperidine rings is 1. The van der Waals surface area contributed by atoms with Gasteiger partial charge in [0.25, 0.3) is 0 Å². The van der Waals surface area contributed by atoms with E-state index in [2.05, 4.69) is 10.1 Å². The quantitative estimate of drug-likeness (QED) is 0.371. The Balaban J connectivity index is 2.10. The summed E-state index contributed by atoms with van der Waals surface area (Å²) in [6.07, 6.45) is 2.59. The molecule has 1 aliphatic heterocycles. The van der Waals surface area contributed by atoms with Crippen molar-refractivity contribution in [2.75, 3.05) is 27.3 Å². The number of hydrogen-bond donors (Lipinski definition) is 2. The minimum Gasteiger partial charge on any atom is -0.496 e. The van der Waals surface area contributed by atoms with Crippen molar-refractivity contribution in [2.24, 2.45) is 10.9 Å². The largest absolute Gasteiger partial charge is 0.496 e. The molecule has 2 rings (SSSR count). The Hall–Kier alpha value is -1.79. The van der Waals surface area contributed by atoms with Gasteiger partial charge in [-0.05, 0) is 37.1 Å². The van der Waals surface area contributed by atoms with Gasteiger partial charge in [0.2, 0.25) is 0 Å². The molecule has 0 saturated carbocycles. The first-order valence-electron chi connectivity index (χ1n) is 7.08. The molecule has 6 nitrogen and oxygen atoms in total. The molecule has 1 unspecified atom stereocenters. The summed E-state index contributed by atoms with van der Waals surface area (Å²) in [5, 5.41) is 11.8. The van der Waals surface area contributed by atoms with Crippen molar-refractivity contribution in [2.45, 2.75) is 25.5 Å². The Bertz CT molecular complexity index is 505. The Labute approximate surface area is 125 Å². The van der Waals surface area contributed by atoms with Crippen LogP contribution in [0.15, 0.2) is 23.4 Å². The van der Waals surface area contributed by atoms with Crippen LogP contribution in [0.2, 0.25) is 0 Å². The molecule has 0 aliphatic carbocycles. The number of hydrogen-bond acceptors (Lipinski definition) is 5. The highest BCUT2D eigenvalue weighted by atomic mass is 16.5. The van der Waals surface area contributed by atoms with E-state index in [9.17, 15) is 0 Å². The van der Waals surface area contributed by atoms with E-state index in [0.717, 1.165) is 38.0 Å². The zero-order chi connectivity index (χ0) is 15.2. The summed E-state index contributed by atoms with van der Waals surface area (Å²) in [6, 6.07) is 5.73. The van der Waals surface area contributed by atoms with Crippen LogP contribution in [-0.2, 0) is 11.3 Å². The Morgan fingerprint density at radius 1 is 1.48 bits per heavy atom. The molecule has 1 fully saturated rings. The number of methoxy groups -OCH3 is 2. The van der Waals surface area contributed by atoms with E-state index < -0.39 is 0 Å². The lowest BCUT2D eigenvalue weighted by molar-refractivity contribution is 0.0285. The Morgan fingerprint density at radius 2 is 2.29 bits per heavy atom. The van der Waals surface area contributed by atoms with Crippen molar-refractivity contribution in [3.8, 4) is 5.75 Å². The van der Waals surface area contributed by atoms with Crippen LogP contribution in [0.25, 0.3) is 0 Å². The maximum Gasteiger partial charge on any atom is 0.173 e. The number of ether oxygens (including phenoxy) is 2. The maximum atomic E-state index is 8.78. The van der Waals surface area contributed by atoms with Gasteiger partial charge in [0, 0.05) is 20.2 Å². The van der Waals surface area contributed by atoms with Gasteiger partial charge in [-0.25, -0.2) is 0 Å². The molecule has 0 bridgehead atoms. The zero-order valence-electron chi connectivity index (χ0n) is 12.6. The van der Waals surface area contributed by atoms with Gasteiger partial charge in [0.1, 0.15) is 5.75 Å². The topological polar surface area (TPSA) is 80.3 Å². The predicted octanol–water partition coefficient (Wildman–Crippen LogP) is 1.40. The number of nitrogens with zero attached hydrogens (tertiary/aromatic N) is 2. The van der Waals surface area contributed by atoms with Gasteiger partial charge in [-0.2, -0.15) is 0 Å². The van der Waals surface area contributed by atoms with E-state index in [4.69, 9.17) is 20.4 Å². The second kappa shape index (κ2) is 7.28. The first-order chi connectivity index (χ1) is 10.2. The summed E-state index contributed by atoms with van der Waals surface area (Å²) in [5.74, 6) is 0.666. The SMILES string of the molecule is COc1cc(CN2CCCC(OC)C2)ccc1/C(N)=N/O. The maximum absolute atomic E-state index is 8.78. The first-order valence-corrected chi connectivity index (χ1v) is 7.08. The molecule has 1 saturated heterocycles. The van der Waals surface area contributed by atoms with Crippen LogP contribution in [0.1, 0.15) is 24.0 Å². The van der Waals surface area contributed by atoms with Crippen molar-refractivity contribution in [3.63, 3.8) is 0 Å². The minimum atomic E-state index is 0.0517. The smallest absolute Gasteiger partial charge is 0.173 e. The number of likely N-dealkylation sites (tertiary alicyclic amines) is 1. The molecule has 1 aromatic carbocycles. The normalized spacial score (nSPS) is 20.5. The highest BCUT2D eigenvalue weighted by Gasteiger charge is 2.19. The predicted molar refractivity (Wildman–Crippen MR) is 80.8 cm³/mol. The lowest BCUT2D eigenvalue weighted by atomic mass is 10.1. The molecule has 116 valence electrons. The molecule has 1 heterocycles. The van der Waals surface area contributed by atoms with Gasteiger partial charge in [0.15, 0.2) is 5.84 Å². The second-order valence-corrected chi connectivity index (χ2v) is 5.25. The van der Waals surface area contributed by atoms with Crippen molar-refractivity contribution in [1.82, 2.24) is 4.90 Å². The van der Waals surface area contributed by atoms with Crippen LogP contribution in [0.4, 0.5) is 0 Å². The van der Waals surface area contributed by atoms with Crippen LogP contribution in [0.5, 0.6) is 5.75 Å². The minimum absolute atomic E-state index is 0.0517. The van der Waals surface area contributed by atoms with Crippen LogP contribution < -0.4 is 10.5 Å². The molecular weight excluding hydrogens is 270 g/mol. The fourth-order valence-electron chi connectivity index (χ4n) is 2.71. The summed E-state index contributed by atoms with van der Waals surface area (Å²) in [6.45, 7) is 2.86. The average Bonchev–Trinajstić information content (AvgIpc) is 2.54. The van der Waals surface area contributed by atoms with E-state index in [0.29, 0.717) is 17.4 Å². The highest BCUT2D eigenvalue weighted by molar-refractivity contribution is 5.99. The van der Waals surface area contributed by atoms with Crippen molar-refractivity contribution >= 4 is 5.84 Å². The molecule has 1 aromatic rings. The van der Waals surface area contributed by atoms with E-state index in [1.54, 1.807) is 14.2 Å². The average molecular weight is 293 g/mol. The third kappa shape index (κ3) is 3.86. The molecule has 0 spiro atoms. The standard InChI is InChI=1S/C15H23N3O3/c1-20-12-4-3-7-18(10-12)9-11-5-6-13(15(16)17-19)14(8-11)21-2/h5-6,8,12,19H,3-4,7,9-10H2,1-2H3,(H2,16,17). The van der Waals surface area contributed by atoms with Crippen LogP contribution in [0, 0.1) is 0 Å². The van der Waals surface area contributed by atoms with Crippen LogP contribution in [0.3, 0.4) is 0 Å². The lowest BCUT2D eigenvalue weighted by Crippen LogP contribution is -2.38. The van der Waals surface area contributed by atoms with E-state index in [1.807, 2.05) is 18.2 Å². The highest BCUT2D eigenvalue weighted by Crippen LogP contribution is 2.22. The zero-order valence-corrected chi connectivity index (χ0v) is 12.6. The molecule has 0 radical (unpaired) electrons. The monoisotopic (exact) mass is 293 g/mol. The van der Waals surface area contributed by atoms with E-state index >= 15 is 0 Å². The first kappa shape index (κ1) is 15.6. The van der Waals surface area contributed by atoms with Crippen LogP contribution in [-0.4, -0.2) is 49.4 Å².